The predicted molar refractivity (Wildman–Crippen MR) is 152 cm³/mol. The van der Waals surface area contributed by atoms with Crippen molar-refractivity contribution in [2.24, 2.45) is 0 Å². The van der Waals surface area contributed by atoms with Crippen LogP contribution in [0.25, 0.3) is 77.2 Å². The number of nitrogens with zero attached hydrogens (tertiary/aromatic N) is 2. The van der Waals surface area contributed by atoms with Crippen LogP contribution in [0.5, 0.6) is 0 Å². The van der Waals surface area contributed by atoms with Gasteiger partial charge < -0.3 is 8.83 Å². The number of oxazole rings is 2. The van der Waals surface area contributed by atoms with E-state index in [1.807, 2.05) is 0 Å². The van der Waals surface area contributed by atoms with Gasteiger partial charge in [-0.25, -0.2) is 9.97 Å². The molecular weight excluding hydrogens is 468 g/mol. The molecule has 4 heteroatoms. The molecule has 0 unspecified atom stereocenters. The van der Waals surface area contributed by atoms with Crippen molar-refractivity contribution < 1.29 is 8.83 Å². The van der Waals surface area contributed by atoms with Crippen LogP contribution in [0.4, 0.5) is 0 Å². The van der Waals surface area contributed by atoms with E-state index in [4.69, 9.17) is 8.83 Å². The van der Waals surface area contributed by atoms with E-state index in [1.165, 1.54) is 56.2 Å². The van der Waals surface area contributed by atoms with Gasteiger partial charge in [-0.2, -0.15) is 0 Å². The molecule has 0 fully saturated rings. The molecule has 0 radical (unpaired) electrons. The molecule has 0 saturated heterocycles. The molecule has 38 heavy (non-hydrogen) atoms. The summed E-state index contributed by atoms with van der Waals surface area (Å²) in [6.45, 7) is 0. The highest BCUT2D eigenvalue weighted by Crippen LogP contribution is 2.43. The Morgan fingerprint density at radius 3 is 1.34 bits per heavy atom. The molecular formula is C34H20N2O2. The summed E-state index contributed by atoms with van der Waals surface area (Å²) in [5.41, 5.74) is 6.73. The van der Waals surface area contributed by atoms with Gasteiger partial charge in [-0.15, -0.1) is 0 Å². The van der Waals surface area contributed by atoms with Crippen LogP contribution in [0, 0.1) is 0 Å². The standard InChI is InChI=1S/C34H20N2O2/c1-3-23(15-25(5-1)31-17-35-19-37-31)27-11-7-21-10-14-30-28(12-8-22-9-13-29(27)33(21)34(22)30)24-4-2-6-26(16-24)32-18-36-20-38-32/h1-20H. The average Bonchev–Trinajstić information content (AvgIpc) is 3.71. The van der Waals surface area contributed by atoms with Gasteiger partial charge >= 0.3 is 0 Å². The van der Waals surface area contributed by atoms with E-state index >= 15 is 0 Å². The monoisotopic (exact) mass is 488 g/mol. The van der Waals surface area contributed by atoms with Crippen molar-refractivity contribution in [3.8, 4) is 44.9 Å². The van der Waals surface area contributed by atoms with E-state index in [0.717, 1.165) is 33.8 Å². The van der Waals surface area contributed by atoms with Crippen molar-refractivity contribution in [3.05, 3.63) is 122 Å². The van der Waals surface area contributed by atoms with Crippen LogP contribution in [0.2, 0.25) is 0 Å². The maximum atomic E-state index is 5.56. The van der Waals surface area contributed by atoms with Gasteiger partial charge in [-0.3, -0.25) is 0 Å². The number of hydrogen-bond donors (Lipinski definition) is 0. The summed E-state index contributed by atoms with van der Waals surface area (Å²) in [6.07, 6.45) is 6.44. The summed E-state index contributed by atoms with van der Waals surface area (Å²) in [5.74, 6) is 1.53. The SMILES string of the molecule is c1cc(-c2cnco2)cc(-c2ccc3ccc4c(-c5cccc(-c6cnco6)c5)ccc5ccc2c3c54)c1. The minimum absolute atomic E-state index is 0.766. The summed E-state index contributed by atoms with van der Waals surface area (Å²) < 4.78 is 11.1. The minimum atomic E-state index is 0.766. The summed E-state index contributed by atoms with van der Waals surface area (Å²) in [7, 11) is 0. The van der Waals surface area contributed by atoms with E-state index in [-0.39, 0.29) is 0 Å². The third-order valence-electron chi connectivity index (χ3n) is 7.45. The molecule has 0 N–H and O–H groups in total. The highest BCUT2D eigenvalue weighted by Gasteiger charge is 2.16. The largest absolute Gasteiger partial charge is 0.444 e. The second-order valence-electron chi connectivity index (χ2n) is 9.54. The molecule has 6 aromatic carbocycles. The van der Waals surface area contributed by atoms with Gasteiger partial charge in [0, 0.05) is 11.1 Å². The molecule has 0 aliphatic rings. The maximum Gasteiger partial charge on any atom is 0.181 e. The lowest BCUT2D eigenvalue weighted by molar-refractivity contribution is 0.571. The van der Waals surface area contributed by atoms with Crippen molar-refractivity contribution in [1.82, 2.24) is 9.97 Å². The van der Waals surface area contributed by atoms with E-state index in [0.29, 0.717) is 0 Å². The van der Waals surface area contributed by atoms with Crippen LogP contribution < -0.4 is 0 Å². The fraction of sp³-hybridized carbons (Fsp3) is 0. The zero-order valence-corrected chi connectivity index (χ0v) is 20.3. The molecule has 0 amide bonds. The van der Waals surface area contributed by atoms with Crippen LogP contribution in [-0.4, -0.2) is 9.97 Å². The van der Waals surface area contributed by atoms with Crippen molar-refractivity contribution in [1.29, 1.82) is 0 Å². The third kappa shape index (κ3) is 3.17. The van der Waals surface area contributed by atoms with E-state index in [2.05, 4.69) is 107 Å². The molecule has 178 valence electrons. The first-order chi connectivity index (χ1) is 18.8. The van der Waals surface area contributed by atoms with Gasteiger partial charge in [0.05, 0.1) is 12.4 Å². The van der Waals surface area contributed by atoms with Crippen molar-refractivity contribution >= 4 is 32.3 Å². The van der Waals surface area contributed by atoms with Crippen LogP contribution in [-0.2, 0) is 0 Å². The quantitative estimate of drug-likeness (QED) is 0.232. The molecule has 0 spiro atoms. The van der Waals surface area contributed by atoms with E-state index < -0.39 is 0 Å². The average molecular weight is 489 g/mol. The van der Waals surface area contributed by atoms with Gasteiger partial charge in [0.2, 0.25) is 0 Å². The smallest absolute Gasteiger partial charge is 0.181 e. The third-order valence-corrected chi connectivity index (χ3v) is 7.45. The molecule has 0 atom stereocenters. The highest BCUT2D eigenvalue weighted by molar-refractivity contribution is 6.27. The Labute approximate surface area is 218 Å². The van der Waals surface area contributed by atoms with Crippen LogP contribution in [0.15, 0.2) is 131 Å². The van der Waals surface area contributed by atoms with Crippen LogP contribution in [0.3, 0.4) is 0 Å². The first kappa shape index (κ1) is 20.9. The molecule has 8 aromatic rings. The fourth-order valence-corrected chi connectivity index (χ4v) is 5.70. The van der Waals surface area contributed by atoms with E-state index in [9.17, 15) is 0 Å². The molecule has 2 aromatic heterocycles. The molecule has 8 rings (SSSR count). The topological polar surface area (TPSA) is 52.1 Å². The number of benzene rings is 6. The molecule has 0 aliphatic heterocycles. The van der Waals surface area contributed by atoms with Gasteiger partial charge in [0.15, 0.2) is 24.3 Å². The molecule has 2 heterocycles. The maximum absolute atomic E-state index is 5.56. The Morgan fingerprint density at radius 1 is 0.447 bits per heavy atom. The minimum Gasteiger partial charge on any atom is -0.444 e. The Bertz CT molecular complexity index is 1920. The fourth-order valence-electron chi connectivity index (χ4n) is 5.70. The van der Waals surface area contributed by atoms with Crippen LogP contribution >= 0.6 is 0 Å². The molecule has 0 aliphatic carbocycles. The summed E-state index contributed by atoms with van der Waals surface area (Å²) in [4.78, 5) is 8.17. The number of rotatable bonds is 4. The van der Waals surface area contributed by atoms with Gasteiger partial charge in [-0.05, 0) is 66.7 Å². The van der Waals surface area contributed by atoms with Gasteiger partial charge in [0.25, 0.3) is 0 Å². The lowest BCUT2D eigenvalue weighted by Crippen LogP contribution is -1.90. The lowest BCUT2D eigenvalue weighted by atomic mass is 9.87. The molecule has 0 saturated carbocycles. The highest BCUT2D eigenvalue weighted by atomic mass is 16.3. The zero-order valence-electron chi connectivity index (χ0n) is 20.3. The number of hydrogen-bond acceptors (Lipinski definition) is 4. The normalized spacial score (nSPS) is 11.7. The van der Waals surface area contributed by atoms with E-state index in [1.54, 1.807) is 12.4 Å². The van der Waals surface area contributed by atoms with Crippen LogP contribution in [0.1, 0.15) is 0 Å². The Hall–Kier alpha value is -5.22. The van der Waals surface area contributed by atoms with Crippen molar-refractivity contribution in [2.75, 3.05) is 0 Å². The summed E-state index contributed by atoms with van der Waals surface area (Å²) in [5, 5.41) is 7.53. The molecule has 4 nitrogen and oxygen atoms in total. The molecule has 0 bridgehead atoms. The summed E-state index contributed by atoms with van der Waals surface area (Å²) >= 11 is 0. The second-order valence-corrected chi connectivity index (χ2v) is 9.54. The lowest BCUT2D eigenvalue weighted by Gasteiger charge is -2.17. The van der Waals surface area contributed by atoms with Crippen molar-refractivity contribution in [2.45, 2.75) is 0 Å². The first-order valence-corrected chi connectivity index (χ1v) is 12.5. The van der Waals surface area contributed by atoms with Gasteiger partial charge in [-0.1, -0.05) is 84.9 Å². The Morgan fingerprint density at radius 2 is 0.895 bits per heavy atom. The second kappa shape index (κ2) is 8.15. The first-order valence-electron chi connectivity index (χ1n) is 12.5. The number of aromatic nitrogens is 2. The predicted octanol–water partition coefficient (Wildman–Crippen LogP) is 9.23. The summed E-state index contributed by atoms with van der Waals surface area (Å²) in [6, 6.07) is 34.8. The van der Waals surface area contributed by atoms with Gasteiger partial charge in [0.1, 0.15) is 0 Å². The Balaban J connectivity index is 1.36. The van der Waals surface area contributed by atoms with Crippen molar-refractivity contribution in [3.63, 3.8) is 0 Å². The Kier molecular flexibility index (Phi) is 4.49. The zero-order chi connectivity index (χ0) is 25.1.